The van der Waals surface area contributed by atoms with Crippen LogP contribution in [0, 0.1) is 6.92 Å². The molecule has 0 spiro atoms. The summed E-state index contributed by atoms with van der Waals surface area (Å²) in [5.41, 5.74) is 10.9. The first-order valence-corrected chi connectivity index (χ1v) is 54.7. The second-order valence-corrected chi connectivity index (χ2v) is 54.4. The average Bonchev–Trinajstić information content (AvgIpc) is 1.44. The molecule has 0 amide bonds. The third-order valence-electron chi connectivity index (χ3n) is 27.9. The molecule has 0 aromatic carbocycles. The zero-order valence-electron chi connectivity index (χ0n) is 97.5. The highest BCUT2D eigenvalue weighted by Gasteiger charge is 2.39. The molecule has 137 heavy (non-hydrogen) atoms. The highest BCUT2D eigenvalue weighted by atomic mass is 32.2. The Kier molecular flexibility index (Phi) is 54.1. The lowest BCUT2D eigenvalue weighted by Crippen LogP contribution is -2.62. The van der Waals surface area contributed by atoms with Crippen LogP contribution in [-0.4, -0.2) is 388 Å². The van der Waals surface area contributed by atoms with Crippen molar-refractivity contribution in [2.45, 2.75) is 406 Å². The average molecular weight is 1950 g/mol. The predicted octanol–water partition coefficient (Wildman–Crippen LogP) is 20.2. The summed E-state index contributed by atoms with van der Waals surface area (Å²) in [5, 5.41) is 5.11. The number of pyridine rings is 1. The van der Waals surface area contributed by atoms with Crippen LogP contribution < -0.4 is 5.73 Å². The van der Waals surface area contributed by atoms with E-state index in [-0.39, 0.29) is 45.8 Å². The largest absolute Gasteiger partial charge is 0.469 e. The summed E-state index contributed by atoms with van der Waals surface area (Å²) in [6.07, 6.45) is 18.0. The van der Waals surface area contributed by atoms with E-state index in [9.17, 15) is 17.2 Å². The van der Waals surface area contributed by atoms with Gasteiger partial charge in [-0.15, -0.1) is 0 Å². The third kappa shape index (κ3) is 53.2. The molecule has 13 heterocycles. The van der Waals surface area contributed by atoms with Crippen molar-refractivity contribution in [2.24, 2.45) is 5.73 Å². The highest BCUT2D eigenvalue weighted by molar-refractivity contribution is 7.91. The second-order valence-electron chi connectivity index (χ2n) is 52.1. The Morgan fingerprint density at radius 3 is 1.19 bits per heavy atom. The van der Waals surface area contributed by atoms with Gasteiger partial charge in [-0.05, 0) is 349 Å². The first kappa shape index (κ1) is 129. The van der Waals surface area contributed by atoms with E-state index in [1.54, 1.807) is 12.5 Å². The molecule has 9 aliphatic heterocycles. The molecule has 9 fully saturated rings. The van der Waals surface area contributed by atoms with Gasteiger partial charge in [0.2, 0.25) is 0 Å². The number of halogens is 2. The van der Waals surface area contributed by atoms with Gasteiger partial charge >= 0.3 is 0 Å². The van der Waals surface area contributed by atoms with Gasteiger partial charge in [-0.25, -0.2) is 27.2 Å². The molecule has 2 unspecified atom stereocenters. The zero-order valence-corrected chi connectivity index (χ0v) is 98.3. The van der Waals surface area contributed by atoms with E-state index in [1.165, 1.54) is 161 Å². The monoisotopic (exact) mass is 1950 g/mol. The molecule has 25 heteroatoms. The Morgan fingerprint density at radius 2 is 0.876 bits per heavy atom. The van der Waals surface area contributed by atoms with Gasteiger partial charge in [0, 0.05) is 293 Å². The van der Waals surface area contributed by atoms with Gasteiger partial charge in [0.15, 0.2) is 9.84 Å². The number of furan rings is 1. The van der Waals surface area contributed by atoms with E-state index in [0.29, 0.717) is 83.5 Å². The number of likely N-dealkylation sites (tertiary alicyclic amines) is 3. The Labute approximate surface area is 845 Å². The minimum absolute atomic E-state index is 0.0181. The van der Waals surface area contributed by atoms with E-state index >= 15 is 0 Å². The number of rotatable bonds is 6. The number of alkyl halides is 2. The smallest absolute Gasteiger partial charge is 0.250 e. The van der Waals surface area contributed by atoms with E-state index in [0.717, 1.165) is 37.6 Å². The third-order valence-corrected chi connectivity index (χ3v) is 29.5. The maximum atomic E-state index is 12.7. The standard InChI is InChI=1S/C12H26N4.C12H27N3.2C10H22N2.C10H21N.C9H17F2N.C9H15N.C9H13N.C8H17NO2S.C8H13N.C8H12O.C7H16N2/c1-12(2)14-6-10-16(11-7-14)15-8-4-13(3)5-9-15;1-12(2,3)14(5)8-11-15-9-6-13(4)7-10-15;1-9(2)11-6-7-12(8-11)10(3,4)5;1-10(2,3)12-7-5-6-11(4)8-9-12;1-8-6-7-9(2)11(8)10(3,4)5;1-8(2,3)12-6-4-9(10,11)5-7-12;1-8-5-6-10(7-8)9(2,3)4;1-9(2,3)8-5-4-6-10-7-8;1-8(2,3)9-4-6-12(10,11)7-5-9;1-8(2,3)9-6-4-5-7-9;1-8(2,3)7-5-4-6-9-7;1-7(2,3)9-4-6(8)5-9/h12H,4-11H2,1-3H3;6-11H2,1-5H3;9H,6-8H2,1-5H3;5-9H2,1-4H3;8-9H,6-7H2,1-5H3;4-7H2,1-3H3;5-7H,1-4H3;4-7H,1-3H3;4-7H2,1-3H3;4-7H,1-3H3;4-6H,1-3H3;6H,4-5,8H2,1-3H3. The summed E-state index contributed by atoms with van der Waals surface area (Å²) in [6.45, 7) is 119. The number of nitrogens with two attached hydrogens (primary N) is 1. The Morgan fingerprint density at radius 1 is 0.460 bits per heavy atom. The minimum atomic E-state index is -2.72. The van der Waals surface area contributed by atoms with Crippen molar-refractivity contribution >= 4 is 9.84 Å². The molecule has 0 saturated carbocycles. The lowest BCUT2D eigenvalue weighted by Gasteiger charge is -2.46. The number of sulfone groups is 1. The molecule has 4 aromatic rings. The molecule has 2 N–H and O–H groups in total. The van der Waals surface area contributed by atoms with E-state index in [2.05, 4.69) is 430 Å². The van der Waals surface area contributed by atoms with Gasteiger partial charge in [0.1, 0.15) is 5.76 Å². The van der Waals surface area contributed by atoms with Crippen molar-refractivity contribution in [2.75, 3.05) is 217 Å². The van der Waals surface area contributed by atoms with Crippen LogP contribution in [0.15, 0.2) is 90.3 Å². The summed E-state index contributed by atoms with van der Waals surface area (Å²) in [5.74, 6) is -0.724. The van der Waals surface area contributed by atoms with Gasteiger partial charge in [-0.2, -0.15) is 0 Å². The number of nitrogens with zero attached hydrogens (tertiary/aromatic N) is 18. The number of aryl methyl sites for hydroxylation is 1. The molecule has 9 aliphatic rings. The van der Waals surface area contributed by atoms with Crippen LogP contribution in [0.5, 0.6) is 0 Å². The fourth-order valence-corrected chi connectivity index (χ4v) is 18.5. The fourth-order valence-electron chi connectivity index (χ4n) is 17.3. The summed E-state index contributed by atoms with van der Waals surface area (Å²) >= 11 is 0. The van der Waals surface area contributed by atoms with Crippen molar-refractivity contribution in [3.05, 3.63) is 103 Å². The van der Waals surface area contributed by atoms with Crippen molar-refractivity contribution < 1.29 is 21.6 Å². The number of likely N-dealkylation sites (N-methyl/N-ethyl adjacent to an activating group) is 4. The number of hydrogen-bond acceptors (Lipinski definition) is 20. The maximum absolute atomic E-state index is 12.7. The molecule has 2 atom stereocenters. The molecule has 9 saturated heterocycles. The summed E-state index contributed by atoms with van der Waals surface area (Å²) in [7, 11) is 6.14. The van der Waals surface area contributed by atoms with Gasteiger partial charge < -0.3 is 38.9 Å². The Hall–Kier alpha value is -3.84. The zero-order chi connectivity index (χ0) is 105. The molecular formula is C112H221F2N19O3S. The highest BCUT2D eigenvalue weighted by Crippen LogP contribution is 2.34. The molecule has 4 aromatic heterocycles. The van der Waals surface area contributed by atoms with Crippen LogP contribution in [0.1, 0.15) is 319 Å². The van der Waals surface area contributed by atoms with Crippen LogP contribution >= 0.6 is 0 Å². The van der Waals surface area contributed by atoms with Crippen molar-refractivity contribution in [3.63, 3.8) is 0 Å². The number of hydrazine groups is 1. The van der Waals surface area contributed by atoms with Crippen LogP contribution in [0.2, 0.25) is 0 Å². The van der Waals surface area contributed by atoms with Crippen LogP contribution in [0.4, 0.5) is 8.78 Å². The van der Waals surface area contributed by atoms with Crippen molar-refractivity contribution in [1.29, 1.82) is 0 Å². The lowest BCUT2D eigenvalue weighted by molar-refractivity contribution is -0.0820. The Bertz CT molecular complexity index is 3770. The molecular weight excluding hydrogens is 1730 g/mol. The SMILES string of the molecule is CC(C)(C)N1CC(N)C1.CC(C)(C)N1CCC(F)(F)CC1.CC(C)(C)N1CCS(=O)(=O)CC1.CC(C)(C)c1cccnc1.CC(C)(C)c1ccco1.CC(C)(C)n1cccc1.CC(C)N1CCN(C(C)(C)C)C1.CC(C)N1CCN(N2CCN(C)CC2)CC1.CC1CCC(C)N1C(C)(C)C.CN1CCCN(C(C)(C)C)CC1.CN1CCN(CCN(C)C(C)(C)C)CC1.Cc1ccn(C(C)(C)C)c1. The predicted molar refractivity (Wildman–Crippen MR) is 589 cm³/mol. The van der Waals surface area contributed by atoms with Crippen molar-refractivity contribution in [3.8, 4) is 0 Å². The first-order chi connectivity index (χ1) is 62.3. The molecule has 22 nitrogen and oxygen atoms in total. The van der Waals surface area contributed by atoms with Gasteiger partial charge in [-0.3, -0.25) is 49.1 Å². The number of piperazine rings is 3. The molecule has 13 rings (SSSR count). The van der Waals surface area contributed by atoms with E-state index in [1.807, 2.05) is 36.5 Å². The van der Waals surface area contributed by atoms with Crippen LogP contribution in [-0.2, 0) is 31.7 Å². The topological polar surface area (TPSA) is 145 Å². The molecule has 0 bridgehead atoms. The molecule has 802 valence electrons. The second kappa shape index (κ2) is 57.3. The van der Waals surface area contributed by atoms with Gasteiger partial charge in [0.05, 0.1) is 24.4 Å². The van der Waals surface area contributed by atoms with Gasteiger partial charge in [0.25, 0.3) is 5.92 Å². The van der Waals surface area contributed by atoms with Gasteiger partial charge in [-0.1, -0.05) is 47.6 Å². The van der Waals surface area contributed by atoms with E-state index in [4.69, 9.17) is 10.2 Å². The lowest BCUT2D eigenvalue weighted by atomic mass is 9.88. The number of hydrogen-bond donors (Lipinski definition) is 1. The quantitative estimate of drug-likeness (QED) is 0.195. The molecule has 0 aliphatic carbocycles. The Balaban J connectivity index is 0.000000507. The number of aromatic nitrogens is 3. The maximum Gasteiger partial charge on any atom is 0.250 e. The van der Waals surface area contributed by atoms with Crippen LogP contribution in [0.25, 0.3) is 0 Å². The number of piperidine rings is 1. The normalized spacial score (nSPS) is 21.8. The fraction of sp³-hybridized carbons (Fsp3) is 0.848. The minimum Gasteiger partial charge on any atom is -0.469 e. The summed E-state index contributed by atoms with van der Waals surface area (Å²) < 4.78 is 57.3. The first-order valence-electron chi connectivity index (χ1n) is 52.9. The van der Waals surface area contributed by atoms with Crippen molar-refractivity contribution in [1.82, 2.24) is 87.8 Å². The summed E-state index contributed by atoms with van der Waals surface area (Å²) in [4.78, 5) is 35.9. The molecule has 0 radical (unpaired) electrons. The summed E-state index contributed by atoms with van der Waals surface area (Å²) in [6, 6.07) is 17.6. The van der Waals surface area contributed by atoms with E-state index < -0.39 is 15.8 Å². The van der Waals surface area contributed by atoms with Crippen LogP contribution in [0.3, 0.4) is 0 Å².